The van der Waals surface area contributed by atoms with Crippen molar-refractivity contribution in [2.45, 2.75) is 13.0 Å². The molecule has 0 amide bonds. The zero-order chi connectivity index (χ0) is 26.4. The Morgan fingerprint density at radius 2 is 1.97 bits per heavy atom. The van der Waals surface area contributed by atoms with Crippen LogP contribution in [0.4, 0.5) is 10.1 Å². The fourth-order valence-corrected chi connectivity index (χ4v) is 7.63. The molecule has 14 heteroatoms. The smallest absolute Gasteiger partial charge is 0.301 e. The first-order valence-corrected chi connectivity index (χ1v) is 14.8. The van der Waals surface area contributed by atoms with Crippen LogP contribution in [0, 0.1) is 5.82 Å². The van der Waals surface area contributed by atoms with Crippen molar-refractivity contribution in [1.29, 1.82) is 0 Å². The second-order valence-electron chi connectivity index (χ2n) is 9.12. The number of thiazole rings is 2. The number of benzene rings is 1. The van der Waals surface area contributed by atoms with Crippen LogP contribution >= 0.6 is 22.7 Å². The Balaban J connectivity index is 1.28. The van der Waals surface area contributed by atoms with Crippen LogP contribution in [0.5, 0.6) is 5.75 Å². The Morgan fingerprint density at radius 1 is 1.16 bits per heavy atom. The van der Waals surface area contributed by atoms with E-state index >= 15 is 0 Å². The molecule has 2 saturated heterocycles. The van der Waals surface area contributed by atoms with Crippen molar-refractivity contribution in [2.24, 2.45) is 0 Å². The van der Waals surface area contributed by atoms with Crippen LogP contribution in [0.3, 0.4) is 0 Å². The number of likely N-dealkylation sites (N-methyl/N-ethyl adjacent to an activating group) is 1. The number of hydrogen-bond acceptors (Lipinski definition) is 9. The molecule has 1 N–H and O–H groups in total. The summed E-state index contributed by atoms with van der Waals surface area (Å²) in [5.74, 6) is -0.843. The highest BCUT2D eigenvalue weighted by Gasteiger charge is 2.28. The van der Waals surface area contributed by atoms with E-state index in [-0.39, 0.29) is 5.69 Å². The molecular weight excluding hydrogens is 552 g/mol. The van der Waals surface area contributed by atoms with E-state index in [1.165, 1.54) is 39.2 Å². The van der Waals surface area contributed by atoms with Gasteiger partial charge in [0, 0.05) is 68.3 Å². The molecule has 1 aromatic carbocycles. The lowest BCUT2D eigenvalue weighted by molar-refractivity contribution is 0.0346. The van der Waals surface area contributed by atoms with Crippen LogP contribution in [0.1, 0.15) is 15.3 Å². The van der Waals surface area contributed by atoms with Gasteiger partial charge in [0.05, 0.1) is 18.9 Å². The Kier molecular flexibility index (Phi) is 7.01. The van der Waals surface area contributed by atoms with E-state index in [0.717, 1.165) is 28.4 Å². The van der Waals surface area contributed by atoms with E-state index in [0.29, 0.717) is 54.9 Å². The molecular formula is C24H25FN6O4S3. The molecule has 2 fully saturated rings. The minimum atomic E-state index is -1.38. The van der Waals surface area contributed by atoms with Crippen molar-refractivity contribution in [3.8, 4) is 16.5 Å². The van der Waals surface area contributed by atoms with Crippen LogP contribution in [-0.4, -0.2) is 79.3 Å². The zero-order valence-corrected chi connectivity index (χ0v) is 23.0. The second kappa shape index (κ2) is 10.4. The van der Waals surface area contributed by atoms with E-state index in [4.69, 9.17) is 4.74 Å². The summed E-state index contributed by atoms with van der Waals surface area (Å²) in [5, 5.41) is 11.1. The maximum absolute atomic E-state index is 14.1. The monoisotopic (exact) mass is 576 g/mol. The summed E-state index contributed by atoms with van der Waals surface area (Å²) in [4.78, 5) is 26.5. The van der Waals surface area contributed by atoms with Gasteiger partial charge in [0.15, 0.2) is 16.1 Å². The number of fused-ring (bicyclic) bond motifs is 1. The molecule has 3 aromatic heterocycles. The summed E-state index contributed by atoms with van der Waals surface area (Å²) in [6.45, 7) is 4.87. The lowest BCUT2D eigenvalue weighted by Crippen LogP contribution is -2.35. The van der Waals surface area contributed by atoms with Gasteiger partial charge >= 0.3 is 5.56 Å². The van der Waals surface area contributed by atoms with Gasteiger partial charge in [-0.15, -0.1) is 11.3 Å². The summed E-state index contributed by atoms with van der Waals surface area (Å²) in [6.07, 6.45) is 3.83. The first kappa shape index (κ1) is 25.5. The molecule has 0 aliphatic carbocycles. The fourth-order valence-electron chi connectivity index (χ4n) is 4.55. The minimum absolute atomic E-state index is 0.146. The Hall–Kier alpha value is -2.75. The van der Waals surface area contributed by atoms with Crippen molar-refractivity contribution in [2.75, 3.05) is 50.7 Å². The molecule has 200 valence electrons. The summed E-state index contributed by atoms with van der Waals surface area (Å²) in [5.41, 5.74) is 0.999. The van der Waals surface area contributed by atoms with Gasteiger partial charge < -0.3 is 9.84 Å². The number of aromatic hydroxyl groups is 1. The number of hydrogen-bond donors (Lipinski definition) is 1. The second-order valence-corrected chi connectivity index (χ2v) is 12.9. The van der Waals surface area contributed by atoms with Crippen LogP contribution in [0.2, 0.25) is 0 Å². The molecule has 2 aliphatic rings. The van der Waals surface area contributed by atoms with Gasteiger partial charge in [-0.3, -0.25) is 18.4 Å². The van der Waals surface area contributed by atoms with E-state index in [2.05, 4.69) is 14.9 Å². The maximum Gasteiger partial charge on any atom is 0.301 e. The number of ether oxygens (including phenoxy) is 1. The van der Waals surface area contributed by atoms with Crippen molar-refractivity contribution in [3.05, 3.63) is 62.1 Å². The van der Waals surface area contributed by atoms with Crippen molar-refractivity contribution in [1.82, 2.24) is 23.6 Å². The van der Waals surface area contributed by atoms with Gasteiger partial charge in [-0.25, -0.2) is 22.9 Å². The van der Waals surface area contributed by atoms with Crippen LogP contribution in [-0.2, 0) is 28.9 Å². The predicted octanol–water partition coefficient (Wildman–Crippen LogP) is 2.48. The van der Waals surface area contributed by atoms with E-state index in [9.17, 15) is 18.5 Å². The van der Waals surface area contributed by atoms with E-state index in [1.54, 1.807) is 34.1 Å². The van der Waals surface area contributed by atoms with Gasteiger partial charge in [0.25, 0.3) is 0 Å². The first-order chi connectivity index (χ1) is 18.4. The average Bonchev–Trinajstić information content (AvgIpc) is 3.63. The largest absolute Gasteiger partial charge is 0.501 e. The van der Waals surface area contributed by atoms with Gasteiger partial charge in [-0.2, -0.15) is 0 Å². The van der Waals surface area contributed by atoms with Gasteiger partial charge in [0.2, 0.25) is 5.75 Å². The average molecular weight is 577 g/mol. The molecule has 6 rings (SSSR count). The Bertz CT molecular complexity index is 1580. The predicted molar refractivity (Wildman–Crippen MR) is 146 cm³/mol. The topological polar surface area (TPSA) is 104 Å². The highest BCUT2D eigenvalue weighted by atomic mass is 32.2. The van der Waals surface area contributed by atoms with E-state index in [1.807, 2.05) is 0 Å². The lowest BCUT2D eigenvalue weighted by Gasteiger charge is -2.25. The fraction of sp³-hybridized carbons (Fsp3) is 0.375. The summed E-state index contributed by atoms with van der Waals surface area (Å²) >= 11 is 1.34. The highest BCUT2D eigenvalue weighted by molar-refractivity contribution is 7.84. The van der Waals surface area contributed by atoms with Crippen LogP contribution < -0.4 is 9.86 Å². The Labute approximate surface area is 228 Å². The molecule has 1 unspecified atom stereocenters. The number of halogens is 1. The first-order valence-electron chi connectivity index (χ1n) is 12.1. The summed E-state index contributed by atoms with van der Waals surface area (Å²) in [6, 6.07) is 4.48. The third-order valence-corrected chi connectivity index (χ3v) is 9.99. The molecule has 4 aromatic rings. The number of anilines is 1. The summed E-state index contributed by atoms with van der Waals surface area (Å²) < 4.78 is 36.9. The molecule has 0 saturated carbocycles. The summed E-state index contributed by atoms with van der Waals surface area (Å²) in [7, 11) is 1.77. The third-order valence-electron chi connectivity index (χ3n) is 6.55. The number of rotatable bonds is 6. The highest BCUT2D eigenvalue weighted by Crippen LogP contribution is 2.34. The van der Waals surface area contributed by atoms with Gasteiger partial charge in [-0.05, 0) is 17.7 Å². The van der Waals surface area contributed by atoms with Crippen molar-refractivity contribution >= 4 is 44.5 Å². The quantitative estimate of drug-likeness (QED) is 0.376. The third kappa shape index (κ3) is 4.87. The SMILES string of the molecule is CN1CCN(c2cc(F)ccc2Cc2cnc(-c3nc4sc(CN5CCOCC5)cn4c(=O)c3O)s2)S1=O. The van der Waals surface area contributed by atoms with Crippen LogP contribution in [0.25, 0.3) is 15.7 Å². The molecule has 10 nitrogen and oxygen atoms in total. The van der Waals surface area contributed by atoms with Crippen molar-refractivity contribution < 1.29 is 18.4 Å². The van der Waals surface area contributed by atoms with Gasteiger partial charge in [0.1, 0.15) is 16.5 Å². The zero-order valence-electron chi connectivity index (χ0n) is 20.5. The number of aromatic nitrogens is 3. The molecule has 1 atom stereocenters. The normalized spacial score (nSPS) is 19.1. The maximum atomic E-state index is 14.1. The minimum Gasteiger partial charge on any atom is -0.501 e. The van der Waals surface area contributed by atoms with E-state index < -0.39 is 28.3 Å². The Morgan fingerprint density at radius 3 is 2.74 bits per heavy atom. The van der Waals surface area contributed by atoms with Crippen LogP contribution in [0.15, 0.2) is 35.4 Å². The molecule has 0 radical (unpaired) electrons. The number of morpholine rings is 1. The molecule has 0 spiro atoms. The molecule has 5 heterocycles. The lowest BCUT2D eigenvalue weighted by atomic mass is 10.1. The van der Waals surface area contributed by atoms with Crippen molar-refractivity contribution in [3.63, 3.8) is 0 Å². The number of nitrogens with zero attached hydrogens (tertiary/aromatic N) is 6. The standard InChI is InChI=1S/C24H25FN6O4S3/c1-28-4-5-31(38(28)34)19-11-16(25)3-2-15(19)10-17-12-26-22(36-17)20-21(32)23(33)30-14-18(37-24(30)27-20)13-29-6-8-35-9-7-29/h2-3,11-12,14,32H,4-10,13H2,1H3. The molecule has 38 heavy (non-hydrogen) atoms. The molecule has 2 aliphatic heterocycles. The molecule has 0 bridgehead atoms. The van der Waals surface area contributed by atoms with Gasteiger partial charge in [-0.1, -0.05) is 17.4 Å².